The van der Waals surface area contributed by atoms with Crippen molar-refractivity contribution in [2.45, 2.75) is 25.3 Å². The molecular weight excluding hydrogens is 226 g/mol. The van der Waals surface area contributed by atoms with Crippen molar-refractivity contribution >= 4 is 0 Å². The molecule has 0 radical (unpaired) electrons. The maximum atomic E-state index is 6.21. The van der Waals surface area contributed by atoms with Gasteiger partial charge in [0.1, 0.15) is 5.75 Å². The molecule has 2 aromatic rings. The number of hydrogen-bond donors (Lipinski definition) is 1. The molecule has 1 atom stereocenters. The normalized spacial score (nSPS) is 18.4. The highest BCUT2D eigenvalue weighted by molar-refractivity contribution is 5.42. The molecule has 1 aromatic carbocycles. The minimum atomic E-state index is 0.0856. The van der Waals surface area contributed by atoms with Crippen molar-refractivity contribution in [3.05, 3.63) is 41.7 Å². The molecule has 2 N–H and O–H groups in total. The number of ether oxygens (including phenoxy) is 1. The van der Waals surface area contributed by atoms with Gasteiger partial charge in [0.05, 0.1) is 24.7 Å². The summed E-state index contributed by atoms with van der Waals surface area (Å²) in [5, 5.41) is 4.47. The molecule has 1 unspecified atom stereocenters. The highest BCUT2D eigenvalue weighted by Crippen LogP contribution is 2.30. The van der Waals surface area contributed by atoms with E-state index in [-0.39, 0.29) is 6.04 Å². The molecular formula is C14H17N3O. The van der Waals surface area contributed by atoms with E-state index < -0.39 is 0 Å². The van der Waals surface area contributed by atoms with Gasteiger partial charge in [-0.15, -0.1) is 0 Å². The number of benzene rings is 1. The zero-order valence-electron chi connectivity index (χ0n) is 10.5. The average molecular weight is 243 g/mol. The van der Waals surface area contributed by atoms with Crippen LogP contribution in [0.3, 0.4) is 0 Å². The minimum Gasteiger partial charge on any atom is -0.497 e. The first-order valence-corrected chi connectivity index (χ1v) is 6.26. The van der Waals surface area contributed by atoms with Crippen LogP contribution in [0.15, 0.2) is 30.5 Å². The van der Waals surface area contributed by atoms with Gasteiger partial charge in [-0.3, -0.25) is 0 Å². The maximum absolute atomic E-state index is 6.21. The summed E-state index contributed by atoms with van der Waals surface area (Å²) in [6.07, 6.45) is 5.20. The zero-order chi connectivity index (χ0) is 12.5. The van der Waals surface area contributed by atoms with E-state index in [9.17, 15) is 0 Å². The molecule has 0 saturated heterocycles. The molecule has 94 valence electrons. The van der Waals surface area contributed by atoms with Gasteiger partial charge in [0.2, 0.25) is 0 Å². The van der Waals surface area contributed by atoms with Gasteiger partial charge in [-0.05, 0) is 37.0 Å². The van der Waals surface area contributed by atoms with E-state index in [1.165, 1.54) is 5.56 Å². The van der Waals surface area contributed by atoms with Crippen LogP contribution >= 0.6 is 0 Å². The third-order valence-corrected chi connectivity index (χ3v) is 3.50. The van der Waals surface area contributed by atoms with Crippen LogP contribution in [-0.4, -0.2) is 16.9 Å². The molecule has 0 amide bonds. The minimum absolute atomic E-state index is 0.0856. The Morgan fingerprint density at radius 2 is 2.33 bits per heavy atom. The second kappa shape index (κ2) is 4.46. The summed E-state index contributed by atoms with van der Waals surface area (Å²) in [5.41, 5.74) is 9.64. The van der Waals surface area contributed by atoms with Gasteiger partial charge >= 0.3 is 0 Å². The summed E-state index contributed by atoms with van der Waals surface area (Å²) >= 11 is 0. The Morgan fingerprint density at radius 1 is 1.44 bits per heavy atom. The van der Waals surface area contributed by atoms with Crippen LogP contribution in [0.2, 0.25) is 0 Å². The Morgan fingerprint density at radius 3 is 3.17 bits per heavy atom. The Hall–Kier alpha value is -1.81. The number of aromatic nitrogens is 2. The van der Waals surface area contributed by atoms with Crippen molar-refractivity contribution in [3.63, 3.8) is 0 Å². The lowest BCUT2D eigenvalue weighted by Crippen LogP contribution is -2.20. The predicted octanol–water partition coefficient (Wildman–Crippen LogP) is 2.22. The molecule has 1 heterocycles. The monoisotopic (exact) mass is 243 g/mol. The van der Waals surface area contributed by atoms with Crippen LogP contribution in [-0.2, 0) is 6.42 Å². The summed E-state index contributed by atoms with van der Waals surface area (Å²) in [6.45, 7) is 0. The fourth-order valence-corrected chi connectivity index (χ4v) is 2.58. The smallest absolute Gasteiger partial charge is 0.121 e. The Bertz CT molecular complexity index is 562. The molecule has 1 aliphatic rings. The van der Waals surface area contributed by atoms with Gasteiger partial charge in [-0.2, -0.15) is 5.10 Å². The molecule has 3 rings (SSSR count). The summed E-state index contributed by atoms with van der Waals surface area (Å²) in [5.74, 6) is 0.834. The van der Waals surface area contributed by atoms with Gasteiger partial charge < -0.3 is 10.5 Å². The molecule has 0 fully saturated rings. The van der Waals surface area contributed by atoms with Crippen molar-refractivity contribution in [1.29, 1.82) is 0 Å². The molecule has 0 saturated carbocycles. The Kier molecular flexibility index (Phi) is 2.80. The van der Waals surface area contributed by atoms with E-state index in [1.54, 1.807) is 7.11 Å². The fourth-order valence-electron chi connectivity index (χ4n) is 2.58. The number of nitrogens with zero attached hydrogens (tertiary/aromatic N) is 2. The van der Waals surface area contributed by atoms with E-state index >= 15 is 0 Å². The summed E-state index contributed by atoms with van der Waals surface area (Å²) in [6, 6.07) is 7.99. The van der Waals surface area contributed by atoms with E-state index in [0.717, 1.165) is 36.4 Å². The first-order chi connectivity index (χ1) is 8.79. The second-order valence-electron chi connectivity index (χ2n) is 4.67. The molecule has 0 spiro atoms. The van der Waals surface area contributed by atoms with Crippen LogP contribution in [0.5, 0.6) is 5.75 Å². The SMILES string of the molecule is COc1cccc(-n2ncc3c2C(N)CCC3)c1. The number of hydrogen-bond acceptors (Lipinski definition) is 3. The number of methoxy groups -OCH3 is 1. The van der Waals surface area contributed by atoms with Gasteiger partial charge in [0, 0.05) is 12.1 Å². The van der Waals surface area contributed by atoms with E-state index in [2.05, 4.69) is 5.10 Å². The number of rotatable bonds is 2. The standard InChI is InChI=1S/C14H17N3O/c1-18-12-6-3-5-11(8-12)17-14-10(9-16-17)4-2-7-13(14)15/h3,5-6,8-9,13H,2,4,7,15H2,1H3. The van der Waals surface area contributed by atoms with Crippen LogP contribution in [0, 0.1) is 0 Å². The molecule has 0 aliphatic heterocycles. The highest BCUT2D eigenvalue weighted by atomic mass is 16.5. The van der Waals surface area contributed by atoms with Crippen molar-refractivity contribution in [2.75, 3.05) is 7.11 Å². The average Bonchev–Trinajstić information content (AvgIpc) is 2.84. The van der Waals surface area contributed by atoms with Crippen LogP contribution in [0.1, 0.15) is 30.1 Å². The fraction of sp³-hybridized carbons (Fsp3) is 0.357. The lowest BCUT2D eigenvalue weighted by molar-refractivity contribution is 0.414. The summed E-state index contributed by atoms with van der Waals surface area (Å²) < 4.78 is 7.20. The van der Waals surface area contributed by atoms with E-state index in [0.29, 0.717) is 0 Å². The van der Waals surface area contributed by atoms with Gasteiger partial charge in [-0.1, -0.05) is 6.07 Å². The predicted molar refractivity (Wildman–Crippen MR) is 70.0 cm³/mol. The topological polar surface area (TPSA) is 53.1 Å². The molecule has 1 aromatic heterocycles. The van der Waals surface area contributed by atoms with Gasteiger partial charge in [0.15, 0.2) is 0 Å². The third kappa shape index (κ3) is 1.78. The van der Waals surface area contributed by atoms with Crippen molar-refractivity contribution in [3.8, 4) is 11.4 Å². The molecule has 1 aliphatic carbocycles. The molecule has 4 heteroatoms. The Balaban J connectivity index is 2.09. The Labute approximate surface area is 106 Å². The van der Waals surface area contributed by atoms with E-state index in [4.69, 9.17) is 10.5 Å². The largest absolute Gasteiger partial charge is 0.497 e. The quantitative estimate of drug-likeness (QED) is 0.880. The van der Waals surface area contributed by atoms with Gasteiger partial charge in [0.25, 0.3) is 0 Å². The van der Waals surface area contributed by atoms with Crippen molar-refractivity contribution < 1.29 is 4.74 Å². The molecule has 18 heavy (non-hydrogen) atoms. The van der Waals surface area contributed by atoms with E-state index in [1.807, 2.05) is 35.1 Å². The highest BCUT2D eigenvalue weighted by Gasteiger charge is 2.22. The zero-order valence-corrected chi connectivity index (χ0v) is 10.5. The first-order valence-electron chi connectivity index (χ1n) is 6.26. The summed E-state index contributed by atoms with van der Waals surface area (Å²) in [7, 11) is 1.67. The number of aryl methyl sites for hydroxylation is 1. The lowest BCUT2D eigenvalue weighted by atomic mass is 9.94. The molecule has 0 bridgehead atoms. The van der Waals surface area contributed by atoms with Crippen LogP contribution in [0.4, 0.5) is 0 Å². The number of fused-ring (bicyclic) bond motifs is 1. The third-order valence-electron chi connectivity index (χ3n) is 3.50. The lowest BCUT2D eigenvalue weighted by Gasteiger charge is -2.20. The second-order valence-corrected chi connectivity index (χ2v) is 4.67. The summed E-state index contributed by atoms with van der Waals surface area (Å²) in [4.78, 5) is 0. The van der Waals surface area contributed by atoms with Crippen LogP contribution < -0.4 is 10.5 Å². The van der Waals surface area contributed by atoms with Crippen molar-refractivity contribution in [2.24, 2.45) is 5.73 Å². The first kappa shape index (κ1) is 11.3. The van der Waals surface area contributed by atoms with Gasteiger partial charge in [-0.25, -0.2) is 4.68 Å². The van der Waals surface area contributed by atoms with Crippen molar-refractivity contribution in [1.82, 2.24) is 9.78 Å². The van der Waals surface area contributed by atoms with Crippen LogP contribution in [0.25, 0.3) is 5.69 Å². The molecule has 4 nitrogen and oxygen atoms in total. The maximum Gasteiger partial charge on any atom is 0.121 e. The number of nitrogens with two attached hydrogens (primary N) is 1.